The fourth-order valence-corrected chi connectivity index (χ4v) is 2.18. The van der Waals surface area contributed by atoms with Crippen molar-refractivity contribution in [3.63, 3.8) is 0 Å². The molecule has 1 aromatic carbocycles. The molecule has 1 N–H and O–H groups in total. The van der Waals surface area contributed by atoms with Crippen LogP contribution >= 0.6 is 15.9 Å². The van der Waals surface area contributed by atoms with Gasteiger partial charge in [0.1, 0.15) is 12.0 Å². The summed E-state index contributed by atoms with van der Waals surface area (Å²) in [6.45, 7) is 4.01. The van der Waals surface area contributed by atoms with Crippen molar-refractivity contribution in [1.29, 1.82) is 0 Å². The van der Waals surface area contributed by atoms with Crippen LogP contribution in [-0.2, 0) is 4.79 Å². The summed E-state index contributed by atoms with van der Waals surface area (Å²) in [6, 6.07) is 5.11. The van der Waals surface area contributed by atoms with Gasteiger partial charge in [0.2, 0.25) is 0 Å². The van der Waals surface area contributed by atoms with Gasteiger partial charge in [0, 0.05) is 11.6 Å². The third-order valence-corrected chi connectivity index (χ3v) is 3.20. The van der Waals surface area contributed by atoms with Gasteiger partial charge in [-0.25, -0.2) is 0 Å². The van der Waals surface area contributed by atoms with Gasteiger partial charge in [-0.3, -0.25) is 9.59 Å². The number of carbonyl (C=O) groups excluding carboxylic acids is 2. The van der Waals surface area contributed by atoms with Gasteiger partial charge >= 0.3 is 0 Å². The molecule has 0 fully saturated rings. The van der Waals surface area contributed by atoms with Crippen molar-refractivity contribution < 1.29 is 14.3 Å². The molecule has 0 aliphatic heterocycles. The van der Waals surface area contributed by atoms with E-state index in [-0.39, 0.29) is 18.6 Å². The summed E-state index contributed by atoms with van der Waals surface area (Å²) < 4.78 is 6.06. The molecule has 1 aromatic rings. The maximum absolute atomic E-state index is 11.6. The molecule has 0 unspecified atom stereocenters. The Bertz CT molecular complexity index is 448. The maximum atomic E-state index is 11.6. The zero-order valence-corrected chi connectivity index (χ0v) is 12.7. The van der Waals surface area contributed by atoms with Gasteiger partial charge in [0.15, 0.2) is 6.61 Å². The molecule has 1 atom stereocenters. The molecule has 0 radical (unpaired) electrons. The lowest BCUT2D eigenvalue weighted by molar-refractivity contribution is -0.123. The van der Waals surface area contributed by atoms with Crippen LogP contribution in [0.15, 0.2) is 22.7 Å². The lowest BCUT2D eigenvalue weighted by atomic mass is 10.2. The molecule has 1 rings (SSSR count). The van der Waals surface area contributed by atoms with Crippen molar-refractivity contribution in [2.24, 2.45) is 0 Å². The molecule has 19 heavy (non-hydrogen) atoms. The summed E-state index contributed by atoms with van der Waals surface area (Å²) in [5.41, 5.74) is 0.556. The Kier molecular flexibility index (Phi) is 6.56. The third-order valence-electron chi connectivity index (χ3n) is 2.58. The zero-order chi connectivity index (χ0) is 14.3. The molecule has 4 nitrogen and oxygen atoms in total. The normalized spacial score (nSPS) is 11.7. The lowest BCUT2D eigenvalue weighted by Crippen LogP contribution is -2.35. The number of nitrogens with one attached hydrogen (secondary N) is 1. The highest BCUT2D eigenvalue weighted by Gasteiger charge is 2.09. The Hall–Kier alpha value is -1.36. The molecule has 0 saturated carbocycles. The van der Waals surface area contributed by atoms with Gasteiger partial charge < -0.3 is 10.1 Å². The van der Waals surface area contributed by atoms with Crippen LogP contribution in [0.5, 0.6) is 5.75 Å². The second-order valence-electron chi connectivity index (χ2n) is 4.35. The van der Waals surface area contributed by atoms with E-state index in [9.17, 15) is 9.59 Å². The number of carbonyl (C=O) groups is 2. The van der Waals surface area contributed by atoms with Crippen LogP contribution in [0.2, 0.25) is 0 Å². The Morgan fingerprint density at radius 1 is 1.53 bits per heavy atom. The van der Waals surface area contributed by atoms with Crippen LogP contribution in [0.1, 0.15) is 37.0 Å². The summed E-state index contributed by atoms with van der Waals surface area (Å²) in [5, 5.41) is 2.86. The van der Waals surface area contributed by atoms with Gasteiger partial charge in [-0.05, 0) is 47.5 Å². The van der Waals surface area contributed by atoms with E-state index in [0.717, 1.165) is 19.1 Å². The summed E-state index contributed by atoms with van der Waals surface area (Å²) in [5.74, 6) is 0.399. The van der Waals surface area contributed by atoms with E-state index in [1.54, 1.807) is 18.2 Å². The Morgan fingerprint density at radius 3 is 2.84 bits per heavy atom. The first-order valence-corrected chi connectivity index (χ1v) is 7.03. The monoisotopic (exact) mass is 327 g/mol. The van der Waals surface area contributed by atoms with Gasteiger partial charge in [-0.15, -0.1) is 0 Å². The first-order valence-electron chi connectivity index (χ1n) is 6.23. The van der Waals surface area contributed by atoms with E-state index < -0.39 is 0 Å². The minimum absolute atomic E-state index is 0.0346. The molecule has 104 valence electrons. The van der Waals surface area contributed by atoms with Gasteiger partial charge in [0.25, 0.3) is 5.91 Å². The predicted molar refractivity (Wildman–Crippen MR) is 77.5 cm³/mol. The van der Waals surface area contributed by atoms with Crippen LogP contribution in [0.4, 0.5) is 0 Å². The second-order valence-corrected chi connectivity index (χ2v) is 5.21. The SMILES string of the molecule is CCC[C@@H](C)NC(=O)COc1ccc(C=O)cc1Br. The first-order chi connectivity index (χ1) is 9.06. The molecule has 0 saturated heterocycles. The Morgan fingerprint density at radius 2 is 2.26 bits per heavy atom. The number of hydrogen-bond acceptors (Lipinski definition) is 3. The van der Waals surface area contributed by atoms with Crippen LogP contribution in [-0.4, -0.2) is 24.8 Å². The number of aldehydes is 1. The van der Waals surface area contributed by atoms with E-state index in [0.29, 0.717) is 15.8 Å². The minimum atomic E-state index is -0.146. The fraction of sp³-hybridized carbons (Fsp3) is 0.429. The second kappa shape index (κ2) is 7.94. The molecular formula is C14H18BrNO3. The zero-order valence-electron chi connectivity index (χ0n) is 11.1. The van der Waals surface area contributed by atoms with Crippen molar-refractivity contribution in [2.75, 3.05) is 6.61 Å². The number of hydrogen-bond donors (Lipinski definition) is 1. The van der Waals surface area contributed by atoms with Crippen LogP contribution in [0, 0.1) is 0 Å². The van der Waals surface area contributed by atoms with Gasteiger partial charge in [0.05, 0.1) is 4.47 Å². The average Bonchev–Trinajstić information content (AvgIpc) is 2.37. The summed E-state index contributed by atoms with van der Waals surface area (Å²) >= 11 is 3.30. The highest BCUT2D eigenvalue weighted by molar-refractivity contribution is 9.10. The van der Waals surface area contributed by atoms with Crippen molar-refractivity contribution in [3.8, 4) is 5.75 Å². The Balaban J connectivity index is 2.48. The number of amides is 1. The smallest absolute Gasteiger partial charge is 0.258 e. The van der Waals surface area contributed by atoms with Crippen LogP contribution < -0.4 is 10.1 Å². The summed E-state index contributed by atoms with van der Waals surface area (Å²) in [6.07, 6.45) is 2.73. The lowest BCUT2D eigenvalue weighted by Gasteiger charge is -2.13. The molecule has 0 aliphatic carbocycles. The van der Waals surface area contributed by atoms with E-state index in [2.05, 4.69) is 28.2 Å². The molecule has 0 spiro atoms. The fourth-order valence-electron chi connectivity index (χ4n) is 1.67. The largest absolute Gasteiger partial charge is 0.483 e. The number of benzene rings is 1. The molecule has 1 amide bonds. The van der Waals surface area contributed by atoms with E-state index in [4.69, 9.17) is 4.74 Å². The van der Waals surface area contributed by atoms with Crippen LogP contribution in [0.3, 0.4) is 0 Å². The predicted octanol–water partition coefficient (Wildman–Crippen LogP) is 2.95. The van der Waals surface area contributed by atoms with E-state index in [1.165, 1.54) is 0 Å². The van der Waals surface area contributed by atoms with Crippen molar-refractivity contribution in [1.82, 2.24) is 5.32 Å². The van der Waals surface area contributed by atoms with E-state index in [1.807, 2.05) is 6.92 Å². The van der Waals surface area contributed by atoms with E-state index >= 15 is 0 Å². The van der Waals surface area contributed by atoms with Crippen molar-refractivity contribution in [3.05, 3.63) is 28.2 Å². The molecule has 0 aliphatic rings. The molecule has 0 aromatic heterocycles. The van der Waals surface area contributed by atoms with Crippen LogP contribution in [0.25, 0.3) is 0 Å². The summed E-state index contributed by atoms with van der Waals surface area (Å²) in [7, 11) is 0. The first kappa shape index (κ1) is 15.7. The summed E-state index contributed by atoms with van der Waals surface area (Å²) in [4.78, 5) is 22.2. The average molecular weight is 328 g/mol. The standard InChI is InChI=1S/C14H18BrNO3/c1-3-4-10(2)16-14(18)9-19-13-6-5-11(8-17)7-12(13)15/h5-8,10H,3-4,9H2,1-2H3,(H,16,18)/t10-/m1/s1. The highest BCUT2D eigenvalue weighted by Crippen LogP contribution is 2.25. The van der Waals surface area contributed by atoms with Gasteiger partial charge in [-0.1, -0.05) is 13.3 Å². The minimum Gasteiger partial charge on any atom is -0.483 e. The number of halogens is 1. The topological polar surface area (TPSA) is 55.4 Å². The molecule has 0 heterocycles. The molecule has 5 heteroatoms. The quantitative estimate of drug-likeness (QED) is 0.783. The molecular weight excluding hydrogens is 310 g/mol. The van der Waals surface area contributed by atoms with Crippen molar-refractivity contribution in [2.45, 2.75) is 32.7 Å². The Labute approximate surface area is 121 Å². The molecule has 0 bridgehead atoms. The number of rotatable bonds is 7. The third kappa shape index (κ3) is 5.42. The van der Waals surface area contributed by atoms with Gasteiger partial charge in [-0.2, -0.15) is 0 Å². The number of ether oxygens (including phenoxy) is 1. The van der Waals surface area contributed by atoms with Crippen molar-refractivity contribution >= 4 is 28.1 Å². The maximum Gasteiger partial charge on any atom is 0.258 e. The highest BCUT2D eigenvalue weighted by atomic mass is 79.9.